The monoisotopic (exact) mass is 251 g/mol. The third kappa shape index (κ3) is 2.46. The molecule has 2 rings (SSSR count). The third-order valence-corrected chi connectivity index (χ3v) is 4.32. The number of hydrogen-bond donors (Lipinski definition) is 2. The molecule has 1 aliphatic heterocycles. The molecule has 1 aromatic rings. The van der Waals surface area contributed by atoms with Gasteiger partial charge in [0.05, 0.1) is 6.10 Å². The van der Waals surface area contributed by atoms with Crippen molar-refractivity contribution in [2.45, 2.75) is 32.9 Å². The minimum Gasteiger partial charge on any atom is -0.387 e. The first kappa shape index (κ1) is 13.6. The molecule has 1 saturated heterocycles. The number of nitrogens with one attached hydrogen (secondary N) is 1. The Balaban J connectivity index is 2.14. The molecular weight excluding hydrogens is 226 g/mol. The molecule has 1 aliphatic rings. The Morgan fingerprint density at radius 3 is 2.39 bits per heavy atom. The highest BCUT2D eigenvalue weighted by Crippen LogP contribution is 2.26. The molecule has 0 bridgehead atoms. The molecule has 0 amide bonds. The fraction of sp³-hybridized carbons (Fsp3) is 0.714. The molecule has 0 aromatic carbocycles. The molecule has 102 valence electrons. The standard InChI is InChI=1S/C14H25N3O/c1-10-9-13(11(2)16(10)4)14(18)12(3)17-7-5-15-6-8-17/h9,12,14-15,18H,5-8H2,1-4H3. The normalized spacial score (nSPS) is 20.9. The number of aromatic nitrogens is 1. The van der Waals surface area contributed by atoms with E-state index in [2.05, 4.69) is 48.7 Å². The zero-order chi connectivity index (χ0) is 13.3. The Labute approximate surface area is 110 Å². The highest BCUT2D eigenvalue weighted by atomic mass is 16.3. The van der Waals surface area contributed by atoms with Crippen LogP contribution in [0.2, 0.25) is 0 Å². The molecule has 4 nitrogen and oxygen atoms in total. The lowest BCUT2D eigenvalue weighted by atomic mass is 10.0. The molecule has 4 heteroatoms. The van der Waals surface area contributed by atoms with Crippen molar-refractivity contribution in [1.29, 1.82) is 0 Å². The molecule has 1 fully saturated rings. The Bertz CT molecular complexity index is 407. The van der Waals surface area contributed by atoms with E-state index in [1.54, 1.807) is 0 Å². The third-order valence-electron chi connectivity index (χ3n) is 4.32. The van der Waals surface area contributed by atoms with Crippen molar-refractivity contribution in [3.63, 3.8) is 0 Å². The molecule has 0 spiro atoms. The van der Waals surface area contributed by atoms with Crippen molar-refractivity contribution in [3.8, 4) is 0 Å². The lowest BCUT2D eigenvalue weighted by Gasteiger charge is -2.35. The summed E-state index contributed by atoms with van der Waals surface area (Å²) in [5.41, 5.74) is 3.44. The average molecular weight is 251 g/mol. The van der Waals surface area contributed by atoms with Crippen LogP contribution in [0.5, 0.6) is 0 Å². The molecule has 0 radical (unpaired) electrons. The molecule has 2 heterocycles. The van der Waals surface area contributed by atoms with Gasteiger partial charge in [0.2, 0.25) is 0 Å². The van der Waals surface area contributed by atoms with Gasteiger partial charge in [-0.3, -0.25) is 4.90 Å². The van der Waals surface area contributed by atoms with E-state index in [1.807, 2.05) is 0 Å². The quantitative estimate of drug-likeness (QED) is 0.841. The number of piperazine rings is 1. The molecule has 0 saturated carbocycles. The lowest BCUT2D eigenvalue weighted by molar-refractivity contribution is 0.0506. The van der Waals surface area contributed by atoms with Crippen molar-refractivity contribution >= 4 is 0 Å². The Morgan fingerprint density at radius 1 is 1.28 bits per heavy atom. The summed E-state index contributed by atoms with van der Waals surface area (Å²) in [7, 11) is 2.05. The molecule has 2 unspecified atom stereocenters. The predicted octanol–water partition coefficient (Wildman–Crippen LogP) is 0.969. The van der Waals surface area contributed by atoms with Gasteiger partial charge in [-0.15, -0.1) is 0 Å². The molecule has 18 heavy (non-hydrogen) atoms. The van der Waals surface area contributed by atoms with Gasteiger partial charge in [-0.05, 0) is 26.8 Å². The number of aliphatic hydroxyl groups excluding tert-OH is 1. The topological polar surface area (TPSA) is 40.4 Å². The van der Waals surface area contributed by atoms with Crippen LogP contribution in [0.3, 0.4) is 0 Å². The van der Waals surface area contributed by atoms with Gasteiger partial charge in [-0.1, -0.05) is 0 Å². The van der Waals surface area contributed by atoms with E-state index in [-0.39, 0.29) is 6.04 Å². The van der Waals surface area contributed by atoms with E-state index < -0.39 is 6.10 Å². The van der Waals surface area contributed by atoms with Crippen LogP contribution in [-0.2, 0) is 7.05 Å². The summed E-state index contributed by atoms with van der Waals surface area (Å²) >= 11 is 0. The number of rotatable bonds is 3. The van der Waals surface area contributed by atoms with Gasteiger partial charge >= 0.3 is 0 Å². The SMILES string of the molecule is Cc1cc(C(O)C(C)N2CCNCC2)c(C)n1C. The largest absolute Gasteiger partial charge is 0.387 e. The summed E-state index contributed by atoms with van der Waals surface area (Å²) < 4.78 is 2.14. The molecule has 2 atom stereocenters. The first-order valence-corrected chi connectivity index (χ1v) is 6.78. The van der Waals surface area contributed by atoms with E-state index in [0.717, 1.165) is 31.7 Å². The summed E-state index contributed by atoms with van der Waals surface area (Å²) in [6, 6.07) is 2.28. The van der Waals surface area contributed by atoms with E-state index in [4.69, 9.17) is 0 Å². The highest BCUT2D eigenvalue weighted by molar-refractivity contribution is 5.29. The lowest BCUT2D eigenvalue weighted by Crippen LogP contribution is -2.49. The van der Waals surface area contributed by atoms with Crippen LogP contribution in [0.1, 0.15) is 30.0 Å². The number of nitrogens with zero attached hydrogens (tertiary/aromatic N) is 2. The number of aryl methyl sites for hydroxylation is 1. The summed E-state index contributed by atoms with van der Waals surface area (Å²) in [6.07, 6.45) is -0.400. The summed E-state index contributed by atoms with van der Waals surface area (Å²) in [6.45, 7) is 10.4. The van der Waals surface area contributed by atoms with Crippen molar-refractivity contribution in [3.05, 3.63) is 23.0 Å². The van der Waals surface area contributed by atoms with Crippen LogP contribution in [0.25, 0.3) is 0 Å². The summed E-state index contributed by atoms with van der Waals surface area (Å²) in [5, 5.41) is 13.9. The van der Waals surface area contributed by atoms with Crippen LogP contribution in [0.4, 0.5) is 0 Å². The number of aliphatic hydroxyl groups is 1. The molecule has 1 aromatic heterocycles. The first-order chi connectivity index (χ1) is 8.52. The van der Waals surface area contributed by atoms with Crippen molar-refractivity contribution < 1.29 is 5.11 Å². The van der Waals surface area contributed by atoms with Gasteiger partial charge in [0.1, 0.15) is 0 Å². The zero-order valence-electron chi connectivity index (χ0n) is 11.9. The van der Waals surface area contributed by atoms with Crippen LogP contribution < -0.4 is 5.32 Å². The fourth-order valence-electron chi connectivity index (χ4n) is 2.73. The van der Waals surface area contributed by atoms with Gasteiger partial charge in [0, 0.05) is 56.2 Å². The molecular formula is C14H25N3O. The predicted molar refractivity (Wildman–Crippen MR) is 73.8 cm³/mol. The second-order valence-electron chi connectivity index (χ2n) is 5.36. The Morgan fingerprint density at radius 2 is 1.89 bits per heavy atom. The molecule has 2 N–H and O–H groups in total. The van der Waals surface area contributed by atoms with Crippen molar-refractivity contribution in [2.75, 3.05) is 26.2 Å². The second-order valence-corrected chi connectivity index (χ2v) is 5.36. The van der Waals surface area contributed by atoms with Crippen LogP contribution in [-0.4, -0.2) is 46.8 Å². The second kappa shape index (κ2) is 5.43. The van der Waals surface area contributed by atoms with Crippen molar-refractivity contribution in [2.24, 2.45) is 7.05 Å². The minimum absolute atomic E-state index is 0.174. The van der Waals surface area contributed by atoms with Gasteiger partial charge in [-0.2, -0.15) is 0 Å². The summed E-state index contributed by atoms with van der Waals surface area (Å²) in [4.78, 5) is 2.36. The zero-order valence-corrected chi connectivity index (χ0v) is 11.9. The van der Waals surface area contributed by atoms with Crippen LogP contribution >= 0.6 is 0 Å². The Hall–Kier alpha value is -0.840. The van der Waals surface area contributed by atoms with Crippen molar-refractivity contribution in [1.82, 2.24) is 14.8 Å². The van der Waals surface area contributed by atoms with Gasteiger partial charge in [-0.25, -0.2) is 0 Å². The maximum atomic E-state index is 10.6. The maximum absolute atomic E-state index is 10.6. The van der Waals surface area contributed by atoms with Gasteiger partial charge < -0.3 is 15.0 Å². The van der Waals surface area contributed by atoms with Gasteiger partial charge in [0.15, 0.2) is 0 Å². The maximum Gasteiger partial charge on any atom is 0.0959 e. The smallest absolute Gasteiger partial charge is 0.0959 e. The molecule has 0 aliphatic carbocycles. The van der Waals surface area contributed by atoms with Gasteiger partial charge in [0.25, 0.3) is 0 Å². The van der Waals surface area contributed by atoms with E-state index in [0.29, 0.717) is 0 Å². The van der Waals surface area contributed by atoms with E-state index in [9.17, 15) is 5.11 Å². The Kier molecular flexibility index (Phi) is 4.10. The van der Waals surface area contributed by atoms with Crippen LogP contribution in [0.15, 0.2) is 6.07 Å². The van der Waals surface area contributed by atoms with E-state index in [1.165, 1.54) is 11.4 Å². The first-order valence-electron chi connectivity index (χ1n) is 6.78. The van der Waals surface area contributed by atoms with E-state index >= 15 is 0 Å². The highest BCUT2D eigenvalue weighted by Gasteiger charge is 2.26. The fourth-order valence-corrected chi connectivity index (χ4v) is 2.73. The van der Waals surface area contributed by atoms with Crippen LogP contribution in [0, 0.1) is 13.8 Å². The minimum atomic E-state index is -0.400. The summed E-state index contributed by atoms with van der Waals surface area (Å²) in [5.74, 6) is 0. The number of hydrogen-bond acceptors (Lipinski definition) is 3. The average Bonchev–Trinajstić information content (AvgIpc) is 2.66.